The average Bonchev–Trinajstić information content (AvgIpc) is 3.45. The Morgan fingerprint density at radius 3 is 2.18 bits per heavy atom. The van der Waals surface area contributed by atoms with Crippen molar-refractivity contribution in [1.82, 2.24) is 4.57 Å². The van der Waals surface area contributed by atoms with E-state index in [4.69, 9.17) is 4.99 Å². The fourth-order valence-electron chi connectivity index (χ4n) is 7.69. The molecule has 1 aliphatic rings. The number of rotatable bonds is 8. The number of aryl methyl sites for hydroxylation is 2. The Bertz CT molecular complexity index is 2900. The van der Waals surface area contributed by atoms with Crippen molar-refractivity contribution < 1.29 is 25.1 Å². The third-order valence-electron chi connectivity index (χ3n) is 10.6. The van der Waals surface area contributed by atoms with Crippen LogP contribution in [0.3, 0.4) is 0 Å². The first-order chi connectivity index (χ1) is 29.2. The van der Waals surface area contributed by atoms with Gasteiger partial charge in [0, 0.05) is 74.0 Å². The highest BCUT2D eigenvalue weighted by atomic mass is 32.2. The quantitative estimate of drug-likeness (QED) is 0.113. The Morgan fingerprint density at radius 1 is 0.767 bits per heavy atom. The molecule has 0 radical (unpaired) electrons. The molecule has 4 N–H and O–H groups in total. The lowest BCUT2D eigenvalue weighted by molar-refractivity contribution is -0.991. The summed E-state index contributed by atoms with van der Waals surface area (Å²) in [6.07, 6.45) is 0.742. The van der Waals surface area contributed by atoms with Crippen molar-refractivity contribution in [3.63, 3.8) is 0 Å². The number of aromatic nitrogens is 1. The van der Waals surface area contributed by atoms with Gasteiger partial charge in [-0.1, -0.05) is 109 Å². The predicted molar refractivity (Wildman–Crippen MR) is 241 cm³/mol. The number of thioether (sulfide) groups is 1. The summed E-state index contributed by atoms with van der Waals surface area (Å²) in [6, 6.07) is 51.7. The number of fused-ring (bicyclic) bond motifs is 4. The second-order valence-electron chi connectivity index (χ2n) is 14.5. The van der Waals surface area contributed by atoms with E-state index in [0.29, 0.717) is 28.1 Å². The number of carboxylic acids is 1. The van der Waals surface area contributed by atoms with Crippen molar-refractivity contribution in [2.24, 2.45) is 4.99 Å². The molecule has 7 aromatic carbocycles. The van der Waals surface area contributed by atoms with Crippen LogP contribution >= 0.6 is 11.8 Å². The minimum Gasteiger partial charge on any atom is -0.595 e. The summed E-state index contributed by atoms with van der Waals surface area (Å²) in [5, 5.41) is 34.8. The Balaban J connectivity index is 0.000000170. The molecule has 0 saturated carbocycles. The number of aliphatic imine (C=N–C) groups is 1. The van der Waals surface area contributed by atoms with E-state index in [9.17, 15) is 25.1 Å². The van der Waals surface area contributed by atoms with Crippen molar-refractivity contribution in [2.75, 3.05) is 5.32 Å². The second-order valence-corrected chi connectivity index (χ2v) is 15.7. The van der Waals surface area contributed by atoms with E-state index < -0.39 is 11.2 Å². The van der Waals surface area contributed by atoms with Gasteiger partial charge in [0.1, 0.15) is 0 Å². The van der Waals surface area contributed by atoms with Crippen molar-refractivity contribution in [2.45, 2.75) is 37.0 Å². The van der Waals surface area contributed by atoms with Crippen LogP contribution in [-0.2, 0) is 6.54 Å². The van der Waals surface area contributed by atoms with Crippen LogP contribution in [-0.4, -0.2) is 32.5 Å². The number of nitrogens with one attached hydrogen (secondary N) is 2. The third-order valence-corrected chi connectivity index (χ3v) is 11.9. The highest BCUT2D eigenvalue weighted by Crippen LogP contribution is 2.46. The van der Waals surface area contributed by atoms with E-state index >= 15 is 0 Å². The number of carboxylic acid groups (broad SMARTS) is 1. The maximum Gasteiger partial charge on any atom is 0.336 e. The Hall–Kier alpha value is -6.82. The molecule has 1 amide bonds. The normalized spacial score (nSPS) is 14.0. The lowest BCUT2D eigenvalue weighted by Gasteiger charge is -2.18. The van der Waals surface area contributed by atoms with Crippen LogP contribution in [0.5, 0.6) is 0 Å². The molecule has 0 bridgehead atoms. The van der Waals surface area contributed by atoms with Crippen molar-refractivity contribution in [3.8, 4) is 11.1 Å². The number of nitrogens with zero attached hydrogens (tertiary/aromatic N) is 2. The number of quaternary nitrogens is 1. The SMILES string of the molecule is CCn1c2ccccc2c2cc(NC(=O)c3ccccc3-c3ccccc3C(=O)O)ccc21.Cc1ccc(C2=Nc3ccccc3SC(c3cccc([NH+]([O-])O)c3)C2)cc1. The van der Waals surface area contributed by atoms with E-state index in [2.05, 4.69) is 66.2 Å². The number of anilines is 1. The molecule has 60 heavy (non-hydrogen) atoms. The van der Waals surface area contributed by atoms with Crippen LogP contribution in [0, 0.1) is 12.1 Å². The zero-order chi connectivity index (χ0) is 41.8. The first kappa shape index (κ1) is 40.0. The van der Waals surface area contributed by atoms with Gasteiger partial charge in [0.25, 0.3) is 5.91 Å². The zero-order valence-corrected chi connectivity index (χ0v) is 33.8. The highest BCUT2D eigenvalue weighted by molar-refractivity contribution is 7.99. The van der Waals surface area contributed by atoms with Crippen LogP contribution in [0.4, 0.5) is 17.1 Å². The lowest BCUT2D eigenvalue weighted by atomic mass is 9.95. The zero-order valence-electron chi connectivity index (χ0n) is 33.0. The third kappa shape index (κ3) is 8.36. The van der Waals surface area contributed by atoms with Crippen LogP contribution in [0.15, 0.2) is 174 Å². The fraction of sp³-hybridized carbons (Fsp3) is 0.100. The summed E-state index contributed by atoms with van der Waals surface area (Å²) in [4.78, 5) is 31.1. The molecule has 298 valence electrons. The van der Waals surface area contributed by atoms with Crippen molar-refractivity contribution in [3.05, 3.63) is 197 Å². The topological polar surface area (TPSA) is 131 Å². The number of carbonyl (C=O) groups is 2. The molecule has 1 aliphatic heterocycles. The van der Waals surface area contributed by atoms with E-state index in [-0.39, 0.29) is 16.7 Å². The first-order valence-electron chi connectivity index (χ1n) is 19.7. The predicted octanol–water partition coefficient (Wildman–Crippen LogP) is 11.2. The number of amides is 1. The second kappa shape index (κ2) is 17.6. The molecule has 9 rings (SSSR count). The molecule has 2 atom stereocenters. The Labute approximate surface area is 351 Å². The standard InChI is InChI=1S/C28H22N2O3.C22H20N2O2S/c1-2-30-25-14-8-7-11-21(25)24-17-18(15-16-26(24)30)29-27(31)22-12-5-3-9-19(22)20-10-4-6-13-23(20)28(32)33;1-15-9-11-16(12-10-15)20-14-22(17-5-4-6-18(13-17)24(25)26)27-21-8-3-2-7-19(21)23-20/h3-17H,2H2,1H3,(H,29,31)(H,32,33);2-13,22,24-25H,14H2,1H3. The smallest absolute Gasteiger partial charge is 0.336 e. The van der Waals surface area contributed by atoms with Gasteiger partial charge in [-0.15, -0.1) is 11.8 Å². The number of para-hydroxylation sites is 2. The molecular weight excluding hydrogens is 769 g/mol. The van der Waals surface area contributed by atoms with E-state index in [1.165, 1.54) is 5.56 Å². The van der Waals surface area contributed by atoms with Gasteiger partial charge in [0.2, 0.25) is 0 Å². The van der Waals surface area contributed by atoms with Gasteiger partial charge in [-0.2, -0.15) is 5.23 Å². The summed E-state index contributed by atoms with van der Waals surface area (Å²) < 4.78 is 2.26. The van der Waals surface area contributed by atoms with Crippen molar-refractivity contribution in [1.29, 1.82) is 0 Å². The van der Waals surface area contributed by atoms with Crippen LogP contribution in [0.1, 0.15) is 56.0 Å². The molecule has 9 nitrogen and oxygen atoms in total. The van der Waals surface area contributed by atoms with Crippen molar-refractivity contribution >= 4 is 68.2 Å². The number of hydrogen-bond donors (Lipinski definition) is 4. The summed E-state index contributed by atoms with van der Waals surface area (Å²) >= 11 is 1.75. The number of aromatic carboxylic acids is 1. The largest absolute Gasteiger partial charge is 0.595 e. The summed E-state index contributed by atoms with van der Waals surface area (Å²) in [7, 11) is 0. The summed E-state index contributed by atoms with van der Waals surface area (Å²) in [6.45, 7) is 5.05. The fourth-order valence-corrected chi connectivity index (χ4v) is 8.91. The highest BCUT2D eigenvalue weighted by Gasteiger charge is 2.24. The van der Waals surface area contributed by atoms with Gasteiger partial charge in [0.05, 0.1) is 11.3 Å². The van der Waals surface area contributed by atoms with E-state index in [1.807, 2.05) is 60.7 Å². The summed E-state index contributed by atoms with van der Waals surface area (Å²) in [5.74, 6) is -1.32. The molecule has 2 unspecified atom stereocenters. The Morgan fingerprint density at radius 2 is 1.43 bits per heavy atom. The number of benzene rings is 7. The van der Waals surface area contributed by atoms with Crippen LogP contribution in [0.25, 0.3) is 32.9 Å². The van der Waals surface area contributed by atoms with E-state index in [0.717, 1.165) is 62.2 Å². The number of carbonyl (C=O) groups excluding carboxylic acids is 1. The molecule has 0 spiro atoms. The molecule has 10 heteroatoms. The van der Waals surface area contributed by atoms with Gasteiger partial charge in [-0.05, 0) is 84.6 Å². The molecular formula is C50H42N4O5S. The first-order valence-corrected chi connectivity index (χ1v) is 20.5. The molecule has 8 aromatic rings. The number of hydrogen-bond acceptors (Lipinski definition) is 6. The van der Waals surface area contributed by atoms with Gasteiger partial charge in [0.15, 0.2) is 5.69 Å². The van der Waals surface area contributed by atoms with E-state index in [1.54, 1.807) is 72.4 Å². The minimum atomic E-state index is -1.03. The van der Waals surface area contributed by atoms with Gasteiger partial charge < -0.3 is 20.2 Å². The maximum atomic E-state index is 13.3. The lowest BCUT2D eigenvalue weighted by Crippen LogP contribution is -2.99. The minimum absolute atomic E-state index is 0.105. The molecule has 0 saturated heterocycles. The van der Waals surface area contributed by atoms with Crippen LogP contribution < -0.4 is 10.5 Å². The maximum absolute atomic E-state index is 13.3. The van der Waals surface area contributed by atoms with Gasteiger partial charge >= 0.3 is 5.97 Å². The van der Waals surface area contributed by atoms with Gasteiger partial charge in [-0.3, -0.25) is 9.79 Å². The van der Waals surface area contributed by atoms with Gasteiger partial charge in [-0.25, -0.2) is 10.0 Å². The molecule has 0 fully saturated rings. The van der Waals surface area contributed by atoms with Crippen LogP contribution in [0.2, 0.25) is 0 Å². The molecule has 0 aliphatic carbocycles. The monoisotopic (exact) mass is 810 g/mol. The molecule has 1 aromatic heterocycles. The average molecular weight is 811 g/mol. The molecule has 2 heterocycles. The summed E-state index contributed by atoms with van der Waals surface area (Å²) in [5.41, 5.74) is 10.3. The Kier molecular flexibility index (Phi) is 11.7.